The maximum Gasteiger partial charge on any atom is 0.319 e. The van der Waals surface area contributed by atoms with E-state index in [1.54, 1.807) is 4.90 Å². The molecule has 4 amide bonds. The summed E-state index contributed by atoms with van der Waals surface area (Å²) in [6.45, 7) is 6.26. The Labute approximate surface area is 153 Å². The number of carbonyl (C=O) groups is 3. The number of hydrogen-bond acceptors (Lipinski definition) is 3. The molecule has 2 fully saturated rings. The third kappa shape index (κ3) is 3.66. The fourth-order valence-electron chi connectivity index (χ4n) is 3.55. The summed E-state index contributed by atoms with van der Waals surface area (Å²) in [7, 11) is 0. The van der Waals surface area contributed by atoms with E-state index in [-0.39, 0.29) is 29.8 Å². The first-order valence-corrected chi connectivity index (χ1v) is 9.16. The number of nitrogens with one attached hydrogen (secondary N) is 3. The van der Waals surface area contributed by atoms with Crippen molar-refractivity contribution in [3.8, 4) is 0 Å². The van der Waals surface area contributed by atoms with Crippen LogP contribution in [0, 0.1) is 5.92 Å². The largest absolute Gasteiger partial charge is 0.342 e. The number of rotatable bonds is 4. The normalized spacial score (nSPS) is 25.1. The minimum absolute atomic E-state index is 0.0359. The lowest BCUT2D eigenvalue weighted by molar-refractivity contribution is -0.148. The van der Waals surface area contributed by atoms with E-state index in [4.69, 9.17) is 0 Å². The van der Waals surface area contributed by atoms with Crippen LogP contribution in [0.1, 0.15) is 32.8 Å². The first-order valence-electron chi connectivity index (χ1n) is 9.16. The van der Waals surface area contributed by atoms with Crippen molar-refractivity contribution in [2.75, 3.05) is 11.9 Å². The maximum atomic E-state index is 12.6. The van der Waals surface area contributed by atoms with Crippen LogP contribution in [0.5, 0.6) is 0 Å². The van der Waals surface area contributed by atoms with E-state index in [2.05, 4.69) is 22.9 Å². The number of amides is 4. The molecular weight excluding hydrogens is 332 g/mol. The van der Waals surface area contributed by atoms with E-state index in [0.29, 0.717) is 18.7 Å². The highest BCUT2D eigenvalue weighted by molar-refractivity contribution is 5.98. The average Bonchev–Trinajstić information content (AvgIpc) is 3.03. The Kier molecular flexibility index (Phi) is 5.15. The fraction of sp³-hybridized carbons (Fsp3) is 0.526. The quantitative estimate of drug-likeness (QED) is 0.762. The smallest absolute Gasteiger partial charge is 0.319 e. The lowest BCUT2D eigenvalue weighted by Crippen LogP contribution is -2.62. The predicted molar refractivity (Wildman–Crippen MR) is 98.6 cm³/mol. The highest BCUT2D eigenvalue weighted by Gasteiger charge is 2.47. The van der Waals surface area contributed by atoms with Gasteiger partial charge in [0.2, 0.25) is 11.8 Å². The molecule has 7 heteroatoms. The third-order valence-electron chi connectivity index (χ3n) is 5.07. The molecule has 0 aromatic heterocycles. The predicted octanol–water partition coefficient (Wildman–Crippen LogP) is 1.49. The SMILES string of the molecule is CCc1ccc(NC(=O)N[C@H]2C[C@H]3C(=O)N[C@H](C(C)C)C(=O)N3C2)cc1. The number of anilines is 1. The van der Waals surface area contributed by atoms with E-state index in [1.807, 2.05) is 38.1 Å². The van der Waals surface area contributed by atoms with Crippen LogP contribution in [-0.4, -0.2) is 47.4 Å². The molecule has 0 saturated carbocycles. The molecule has 2 heterocycles. The molecule has 1 aromatic rings. The van der Waals surface area contributed by atoms with Gasteiger partial charge in [-0.25, -0.2) is 4.79 Å². The summed E-state index contributed by atoms with van der Waals surface area (Å²) in [6.07, 6.45) is 1.38. The Balaban J connectivity index is 1.59. The molecule has 0 aliphatic carbocycles. The van der Waals surface area contributed by atoms with Gasteiger partial charge in [0.05, 0.1) is 6.04 Å². The summed E-state index contributed by atoms with van der Waals surface area (Å²) in [5.74, 6) is -0.165. The van der Waals surface area contributed by atoms with Crippen molar-refractivity contribution in [1.82, 2.24) is 15.5 Å². The zero-order valence-corrected chi connectivity index (χ0v) is 15.4. The number of nitrogens with zero attached hydrogens (tertiary/aromatic N) is 1. The lowest BCUT2D eigenvalue weighted by Gasteiger charge is -2.36. The molecular formula is C19H26N4O3. The number of urea groups is 1. The molecule has 140 valence electrons. The zero-order valence-electron chi connectivity index (χ0n) is 15.4. The summed E-state index contributed by atoms with van der Waals surface area (Å²) in [6, 6.07) is 6.13. The van der Waals surface area contributed by atoms with Crippen molar-refractivity contribution in [3.63, 3.8) is 0 Å². The van der Waals surface area contributed by atoms with Crippen LogP contribution in [0.4, 0.5) is 10.5 Å². The van der Waals surface area contributed by atoms with Crippen molar-refractivity contribution in [2.24, 2.45) is 5.92 Å². The van der Waals surface area contributed by atoms with Gasteiger partial charge in [0, 0.05) is 12.2 Å². The highest BCUT2D eigenvalue weighted by Crippen LogP contribution is 2.25. The molecule has 2 saturated heterocycles. The Bertz CT molecular complexity index is 701. The van der Waals surface area contributed by atoms with Crippen molar-refractivity contribution >= 4 is 23.5 Å². The second-order valence-electron chi connectivity index (χ2n) is 7.32. The molecule has 0 bridgehead atoms. The fourth-order valence-corrected chi connectivity index (χ4v) is 3.55. The first-order chi connectivity index (χ1) is 12.4. The monoisotopic (exact) mass is 358 g/mol. The Morgan fingerprint density at radius 3 is 2.58 bits per heavy atom. The van der Waals surface area contributed by atoms with Gasteiger partial charge >= 0.3 is 6.03 Å². The standard InChI is InChI=1S/C19H26N4O3/c1-4-12-5-7-13(8-6-12)20-19(26)21-14-9-15-17(24)22-16(11(2)3)18(25)23(15)10-14/h5-8,11,14-16H,4,9-10H2,1-3H3,(H,22,24)(H2,20,21,26)/t14-,15-,16+/m0/s1. The van der Waals surface area contributed by atoms with Crippen molar-refractivity contribution < 1.29 is 14.4 Å². The van der Waals surface area contributed by atoms with E-state index < -0.39 is 12.1 Å². The van der Waals surface area contributed by atoms with Crippen molar-refractivity contribution in [1.29, 1.82) is 0 Å². The summed E-state index contributed by atoms with van der Waals surface area (Å²) in [5, 5.41) is 8.47. The van der Waals surface area contributed by atoms with Gasteiger partial charge in [0.1, 0.15) is 12.1 Å². The van der Waals surface area contributed by atoms with E-state index in [1.165, 1.54) is 5.56 Å². The average molecular weight is 358 g/mol. The molecule has 0 unspecified atom stereocenters. The number of aryl methyl sites for hydroxylation is 1. The summed E-state index contributed by atoms with van der Waals surface area (Å²) < 4.78 is 0. The molecule has 1 aromatic carbocycles. The van der Waals surface area contributed by atoms with E-state index in [0.717, 1.165) is 6.42 Å². The minimum atomic E-state index is -0.494. The molecule has 3 rings (SSSR count). The molecule has 2 aliphatic heterocycles. The van der Waals surface area contributed by atoms with Gasteiger partial charge in [-0.15, -0.1) is 0 Å². The molecule has 2 aliphatic rings. The summed E-state index contributed by atoms with van der Waals surface area (Å²) in [4.78, 5) is 38.7. The Morgan fingerprint density at radius 2 is 1.96 bits per heavy atom. The van der Waals surface area contributed by atoms with Crippen LogP contribution in [0.2, 0.25) is 0 Å². The minimum Gasteiger partial charge on any atom is -0.342 e. The number of carbonyl (C=O) groups excluding carboxylic acids is 3. The Morgan fingerprint density at radius 1 is 1.27 bits per heavy atom. The van der Waals surface area contributed by atoms with Gasteiger partial charge in [0.15, 0.2) is 0 Å². The molecule has 26 heavy (non-hydrogen) atoms. The summed E-state index contributed by atoms with van der Waals surface area (Å²) in [5.41, 5.74) is 1.91. The van der Waals surface area contributed by atoms with Crippen LogP contribution in [0.15, 0.2) is 24.3 Å². The lowest BCUT2D eigenvalue weighted by atomic mass is 9.98. The second-order valence-corrected chi connectivity index (χ2v) is 7.32. The maximum absolute atomic E-state index is 12.6. The number of piperazine rings is 1. The van der Waals surface area contributed by atoms with Crippen LogP contribution >= 0.6 is 0 Å². The first kappa shape index (κ1) is 18.2. The van der Waals surface area contributed by atoms with Gasteiger partial charge < -0.3 is 20.9 Å². The molecule has 0 spiro atoms. The van der Waals surface area contributed by atoms with Gasteiger partial charge in [-0.3, -0.25) is 9.59 Å². The van der Waals surface area contributed by atoms with Gasteiger partial charge in [-0.05, 0) is 36.5 Å². The topological polar surface area (TPSA) is 90.5 Å². The van der Waals surface area contributed by atoms with Crippen molar-refractivity contribution in [2.45, 2.75) is 51.7 Å². The molecule has 7 nitrogen and oxygen atoms in total. The second kappa shape index (κ2) is 7.35. The zero-order chi connectivity index (χ0) is 18.8. The molecule has 0 radical (unpaired) electrons. The van der Waals surface area contributed by atoms with Crippen molar-refractivity contribution in [3.05, 3.63) is 29.8 Å². The van der Waals surface area contributed by atoms with Gasteiger partial charge in [-0.2, -0.15) is 0 Å². The number of benzene rings is 1. The molecule has 3 atom stereocenters. The highest BCUT2D eigenvalue weighted by atomic mass is 16.2. The molecule has 3 N–H and O–H groups in total. The van der Waals surface area contributed by atoms with Crippen LogP contribution in [-0.2, 0) is 16.0 Å². The van der Waals surface area contributed by atoms with E-state index >= 15 is 0 Å². The Hall–Kier alpha value is -2.57. The summed E-state index contributed by atoms with van der Waals surface area (Å²) >= 11 is 0. The van der Waals surface area contributed by atoms with Gasteiger partial charge in [0.25, 0.3) is 0 Å². The number of hydrogen-bond donors (Lipinski definition) is 3. The van der Waals surface area contributed by atoms with E-state index in [9.17, 15) is 14.4 Å². The van der Waals surface area contributed by atoms with Crippen LogP contribution < -0.4 is 16.0 Å². The van der Waals surface area contributed by atoms with Crippen LogP contribution in [0.3, 0.4) is 0 Å². The van der Waals surface area contributed by atoms with Crippen LogP contribution in [0.25, 0.3) is 0 Å². The third-order valence-corrected chi connectivity index (χ3v) is 5.07. The van der Waals surface area contributed by atoms with Gasteiger partial charge in [-0.1, -0.05) is 32.9 Å². The number of fused-ring (bicyclic) bond motifs is 1.